The molecule has 48 heavy (non-hydrogen) atoms. The van der Waals surface area contributed by atoms with Crippen LogP contribution in [-0.4, -0.2) is 103 Å². The number of hydrogen-bond donors (Lipinski definition) is 3. The van der Waals surface area contributed by atoms with Crippen LogP contribution in [-0.2, 0) is 18.9 Å². The largest absolute Gasteiger partial charge is 0.390 e. The molecule has 276 valence electrons. The van der Waals surface area contributed by atoms with Crippen LogP contribution in [0.4, 0.5) is 0 Å². The van der Waals surface area contributed by atoms with Gasteiger partial charge < -0.3 is 34.5 Å². The predicted molar refractivity (Wildman–Crippen MR) is 187 cm³/mol. The van der Waals surface area contributed by atoms with Crippen LogP contribution < -0.4 is 5.32 Å². The van der Waals surface area contributed by atoms with Gasteiger partial charge in [-0.05, 0) is 118 Å². The van der Waals surface area contributed by atoms with Crippen molar-refractivity contribution in [1.29, 1.82) is 0 Å². The molecule has 3 N–H and O–H groups in total. The average molecular weight is 675 g/mol. The SMILES string of the molecule is CCO[C@@H](C1C[C@@H](C)[C@H]2C(O1)[C@H](O)[C@@]1(C)CCC[C@H]3C(C)(C)[C@@H](O[C@H]4CN(CC5CNC5)CCO4)CC[C@@]34CC4CC[C@]21C)C(C)(C)O. The Labute approximate surface area is 291 Å². The molecular formula is C40H70N2O6. The smallest absolute Gasteiger partial charge is 0.170 e. The molecule has 0 aromatic rings. The minimum Gasteiger partial charge on any atom is -0.390 e. The van der Waals surface area contributed by atoms with Crippen molar-refractivity contribution in [1.82, 2.24) is 10.2 Å². The first-order valence-electron chi connectivity index (χ1n) is 20.0. The Morgan fingerprint density at radius 3 is 2.50 bits per heavy atom. The molecule has 0 radical (unpaired) electrons. The Bertz CT molecular complexity index is 1140. The molecular weight excluding hydrogens is 604 g/mol. The van der Waals surface area contributed by atoms with Crippen LogP contribution in [0.5, 0.6) is 0 Å². The number of ether oxygens (including phenoxy) is 4. The lowest BCUT2D eigenvalue weighted by molar-refractivity contribution is -0.240. The third kappa shape index (κ3) is 5.96. The van der Waals surface area contributed by atoms with Gasteiger partial charge in [-0.15, -0.1) is 0 Å². The summed E-state index contributed by atoms with van der Waals surface area (Å²) in [5.74, 6) is 2.85. The highest BCUT2D eigenvalue weighted by Gasteiger charge is 2.70. The summed E-state index contributed by atoms with van der Waals surface area (Å²) in [4.78, 5) is 2.56. The summed E-state index contributed by atoms with van der Waals surface area (Å²) in [7, 11) is 0. The maximum atomic E-state index is 12.3. The summed E-state index contributed by atoms with van der Waals surface area (Å²) in [6.07, 6.45) is 9.10. The van der Waals surface area contributed by atoms with E-state index in [0.717, 1.165) is 83.3 Å². The average Bonchev–Trinajstić information content (AvgIpc) is 3.67. The van der Waals surface area contributed by atoms with Crippen molar-refractivity contribution in [2.75, 3.05) is 45.9 Å². The molecule has 7 fully saturated rings. The highest BCUT2D eigenvalue weighted by atomic mass is 16.7. The Morgan fingerprint density at radius 1 is 1.04 bits per heavy atom. The number of nitrogens with one attached hydrogen (secondary N) is 1. The van der Waals surface area contributed by atoms with Gasteiger partial charge in [0.15, 0.2) is 6.29 Å². The quantitative estimate of drug-likeness (QED) is 0.305. The number of rotatable bonds is 8. The number of aliphatic hydroxyl groups excluding tert-OH is 1. The van der Waals surface area contributed by atoms with E-state index < -0.39 is 17.8 Å². The molecule has 7 rings (SSSR count). The molecule has 3 heterocycles. The van der Waals surface area contributed by atoms with E-state index in [9.17, 15) is 10.2 Å². The van der Waals surface area contributed by atoms with Gasteiger partial charge in [0.25, 0.3) is 0 Å². The molecule has 8 heteroatoms. The summed E-state index contributed by atoms with van der Waals surface area (Å²) >= 11 is 0. The molecule has 3 aliphatic heterocycles. The lowest BCUT2D eigenvalue weighted by atomic mass is 9.54. The van der Waals surface area contributed by atoms with E-state index in [1.807, 2.05) is 20.8 Å². The van der Waals surface area contributed by atoms with Crippen LogP contribution >= 0.6 is 0 Å². The topological polar surface area (TPSA) is 92.7 Å². The van der Waals surface area contributed by atoms with E-state index in [1.165, 1.54) is 25.7 Å². The van der Waals surface area contributed by atoms with E-state index in [1.54, 1.807) is 0 Å². The minimum absolute atomic E-state index is 0.00347. The maximum Gasteiger partial charge on any atom is 0.170 e. The van der Waals surface area contributed by atoms with Crippen molar-refractivity contribution in [3.05, 3.63) is 0 Å². The van der Waals surface area contributed by atoms with Gasteiger partial charge in [0, 0.05) is 44.7 Å². The second-order valence-corrected chi connectivity index (χ2v) is 19.4. The van der Waals surface area contributed by atoms with Crippen molar-refractivity contribution in [2.45, 2.75) is 156 Å². The molecule has 8 nitrogen and oxygen atoms in total. The summed E-state index contributed by atoms with van der Waals surface area (Å²) in [5.41, 5.74) is -0.705. The van der Waals surface area contributed by atoms with Gasteiger partial charge >= 0.3 is 0 Å². The second-order valence-electron chi connectivity index (χ2n) is 19.4. The van der Waals surface area contributed by atoms with Gasteiger partial charge in [-0.25, -0.2) is 0 Å². The summed E-state index contributed by atoms with van der Waals surface area (Å²) in [6.45, 7) is 24.6. The van der Waals surface area contributed by atoms with Gasteiger partial charge in [-0.1, -0.05) is 41.0 Å². The fourth-order valence-electron chi connectivity index (χ4n) is 13.0. The Hall–Kier alpha value is -0.320. The van der Waals surface area contributed by atoms with E-state index in [0.29, 0.717) is 29.8 Å². The van der Waals surface area contributed by atoms with Crippen LogP contribution in [0.25, 0.3) is 0 Å². The molecule has 0 bridgehead atoms. The molecule has 0 amide bonds. The molecule has 3 saturated heterocycles. The molecule has 4 saturated carbocycles. The molecule has 7 aliphatic rings. The van der Waals surface area contributed by atoms with Gasteiger partial charge in [0.2, 0.25) is 0 Å². The summed E-state index contributed by atoms with van der Waals surface area (Å²) in [5, 5.41) is 26.8. The van der Waals surface area contributed by atoms with E-state index in [2.05, 4.69) is 44.8 Å². The Balaban J connectivity index is 1.07. The minimum atomic E-state index is -1.01. The number of nitrogens with zero attached hydrogens (tertiary/aromatic N) is 1. The molecule has 4 aliphatic carbocycles. The number of hydrogen-bond acceptors (Lipinski definition) is 8. The van der Waals surface area contributed by atoms with Crippen molar-refractivity contribution in [2.24, 2.45) is 51.2 Å². The lowest BCUT2D eigenvalue weighted by Gasteiger charge is -2.53. The predicted octanol–water partition coefficient (Wildman–Crippen LogP) is 5.63. The van der Waals surface area contributed by atoms with Gasteiger partial charge in [0.1, 0.15) is 6.10 Å². The Morgan fingerprint density at radius 2 is 1.81 bits per heavy atom. The van der Waals surface area contributed by atoms with Crippen molar-refractivity contribution in [3.8, 4) is 0 Å². The standard InChI is InChI=1S/C40H70N2O6/c1-9-45-35(37(5,6)44)28-19-25(2)32-33(47-28)34(43)39(8)14-10-11-29-36(3,4)30(13-16-40(29)20-27(40)12-15-38(32,39)7)48-31-24-42(17-18-46-31)23-26-21-41-22-26/h25-35,41,43-44H,9-24H2,1-8H3/t25-,27?,28?,29+,30+,31+,32+,33?,34+,35+,38-,39-,40+/m1/s1. The molecule has 0 aromatic carbocycles. The van der Waals surface area contributed by atoms with Crippen LogP contribution in [0.2, 0.25) is 0 Å². The molecule has 3 unspecified atom stereocenters. The lowest BCUT2D eigenvalue weighted by Crippen LogP contribution is -2.55. The number of fused-ring (bicyclic) bond motifs is 3. The normalized spacial score (nSPS) is 48.8. The van der Waals surface area contributed by atoms with Crippen LogP contribution in [0.3, 0.4) is 0 Å². The van der Waals surface area contributed by atoms with Crippen LogP contribution in [0, 0.1) is 51.2 Å². The monoisotopic (exact) mass is 675 g/mol. The summed E-state index contributed by atoms with van der Waals surface area (Å²) in [6, 6.07) is 0. The summed E-state index contributed by atoms with van der Waals surface area (Å²) < 4.78 is 26.2. The van der Waals surface area contributed by atoms with Crippen molar-refractivity contribution >= 4 is 0 Å². The first kappa shape index (κ1) is 36.1. The third-order valence-electron chi connectivity index (χ3n) is 15.9. The van der Waals surface area contributed by atoms with Gasteiger partial charge in [-0.2, -0.15) is 0 Å². The zero-order valence-electron chi connectivity index (χ0n) is 31.6. The van der Waals surface area contributed by atoms with Crippen molar-refractivity contribution < 1.29 is 29.2 Å². The molecule has 0 aromatic heterocycles. The maximum absolute atomic E-state index is 12.3. The fraction of sp³-hybridized carbons (Fsp3) is 1.00. The molecule has 1 spiro atoms. The highest BCUT2D eigenvalue weighted by Crippen LogP contribution is 2.74. The van der Waals surface area contributed by atoms with E-state index in [4.69, 9.17) is 18.9 Å². The first-order valence-corrected chi connectivity index (χ1v) is 20.0. The zero-order valence-corrected chi connectivity index (χ0v) is 31.6. The van der Waals surface area contributed by atoms with Crippen LogP contribution in [0.15, 0.2) is 0 Å². The Kier molecular flexibility index (Phi) is 9.74. The number of aliphatic hydroxyl groups is 2. The fourth-order valence-corrected chi connectivity index (χ4v) is 13.0. The van der Waals surface area contributed by atoms with E-state index in [-0.39, 0.29) is 40.8 Å². The molecule has 13 atom stereocenters. The first-order chi connectivity index (χ1) is 22.6. The number of morpholine rings is 1. The van der Waals surface area contributed by atoms with Gasteiger partial charge in [0.05, 0.1) is 36.6 Å². The second kappa shape index (κ2) is 13.0. The van der Waals surface area contributed by atoms with E-state index >= 15 is 0 Å². The van der Waals surface area contributed by atoms with Crippen molar-refractivity contribution in [3.63, 3.8) is 0 Å². The van der Waals surface area contributed by atoms with Crippen LogP contribution in [0.1, 0.15) is 113 Å². The third-order valence-corrected chi connectivity index (χ3v) is 15.9. The van der Waals surface area contributed by atoms with Gasteiger partial charge in [-0.3, -0.25) is 4.90 Å². The zero-order chi connectivity index (χ0) is 34.3. The highest BCUT2D eigenvalue weighted by molar-refractivity contribution is 5.19.